The maximum atomic E-state index is 13.5. The lowest BCUT2D eigenvalue weighted by molar-refractivity contribution is -0.385. The first-order chi connectivity index (χ1) is 19.7. The molecular weight excluding hydrogens is 569 g/mol. The molecule has 0 unspecified atom stereocenters. The number of anilines is 2. The Morgan fingerprint density at radius 1 is 1.14 bits per heavy atom. The maximum Gasteiger partial charge on any atom is 0.311 e. The van der Waals surface area contributed by atoms with Gasteiger partial charge in [0.25, 0.3) is 0 Å². The van der Waals surface area contributed by atoms with E-state index in [0.29, 0.717) is 42.5 Å². The zero-order valence-electron chi connectivity index (χ0n) is 24.4. The van der Waals surface area contributed by atoms with Crippen molar-refractivity contribution < 1.29 is 28.7 Å². The van der Waals surface area contributed by atoms with Crippen molar-refractivity contribution in [2.45, 2.75) is 65.0 Å². The predicted octanol–water partition coefficient (Wildman–Crippen LogP) is 6.04. The van der Waals surface area contributed by atoms with E-state index in [1.54, 1.807) is 0 Å². The number of carbonyl (C=O) groups excluding carboxylic acids is 1. The number of carbonyl (C=O) groups is 1. The molecule has 11 nitrogen and oxygen atoms in total. The van der Waals surface area contributed by atoms with Gasteiger partial charge in [0.2, 0.25) is 0 Å². The number of halogens is 2. The first kappa shape index (κ1) is 32.9. The number of esters is 1. The van der Waals surface area contributed by atoms with Gasteiger partial charge in [-0.2, -0.15) is 0 Å². The molecule has 0 saturated heterocycles. The van der Waals surface area contributed by atoms with Gasteiger partial charge in [-0.15, -0.1) is 0 Å². The van der Waals surface area contributed by atoms with Gasteiger partial charge in [0.05, 0.1) is 40.5 Å². The van der Waals surface area contributed by atoms with Crippen LogP contribution < -0.4 is 10.1 Å². The van der Waals surface area contributed by atoms with Crippen LogP contribution in [0.5, 0.6) is 5.75 Å². The monoisotopic (exact) mass is 605 g/mol. The van der Waals surface area contributed by atoms with E-state index in [4.69, 9.17) is 21.1 Å². The van der Waals surface area contributed by atoms with Gasteiger partial charge in [-0.25, -0.2) is 14.4 Å². The lowest BCUT2D eigenvalue weighted by Crippen LogP contribution is -2.48. The molecule has 0 radical (unpaired) electrons. The van der Waals surface area contributed by atoms with Gasteiger partial charge in [0, 0.05) is 29.9 Å². The lowest BCUT2D eigenvalue weighted by Gasteiger charge is -2.37. The van der Waals surface area contributed by atoms with Crippen molar-refractivity contribution in [1.29, 1.82) is 0 Å². The van der Waals surface area contributed by atoms with Crippen molar-refractivity contribution in [2.75, 3.05) is 31.6 Å². The average molecular weight is 606 g/mol. The van der Waals surface area contributed by atoms with Crippen LogP contribution in [0.15, 0.2) is 36.7 Å². The SMILES string of the molecule is CC(C)(C)OC(=O)CCN(CCCCOc1cc2ncnc(Nc3ccc(F)c(Cl)c3)c2cc1[N+](=O)[O-])C(C)(C)CO. The fourth-order valence-electron chi connectivity index (χ4n) is 4.16. The number of unbranched alkanes of at least 4 members (excludes halogenated alkanes) is 1. The van der Waals surface area contributed by atoms with E-state index in [1.165, 1.54) is 36.7 Å². The fourth-order valence-corrected chi connectivity index (χ4v) is 4.34. The molecule has 228 valence electrons. The Labute approximate surface area is 249 Å². The van der Waals surface area contributed by atoms with Crippen LogP contribution in [0, 0.1) is 15.9 Å². The highest BCUT2D eigenvalue weighted by Gasteiger charge is 2.27. The van der Waals surface area contributed by atoms with Crippen molar-refractivity contribution in [1.82, 2.24) is 14.9 Å². The molecule has 1 aromatic heterocycles. The fraction of sp³-hybridized carbons (Fsp3) is 0.483. The van der Waals surface area contributed by atoms with Crippen molar-refractivity contribution in [3.05, 3.63) is 57.6 Å². The average Bonchev–Trinajstić information content (AvgIpc) is 2.90. The van der Waals surface area contributed by atoms with E-state index in [1.807, 2.05) is 39.5 Å². The van der Waals surface area contributed by atoms with E-state index in [9.17, 15) is 24.4 Å². The summed E-state index contributed by atoms with van der Waals surface area (Å²) in [4.78, 5) is 34.0. The summed E-state index contributed by atoms with van der Waals surface area (Å²) in [5.41, 5.74) is -0.505. The molecule has 0 aliphatic heterocycles. The number of nitrogens with zero attached hydrogens (tertiary/aromatic N) is 4. The van der Waals surface area contributed by atoms with Gasteiger partial charge in [0.15, 0.2) is 5.75 Å². The largest absolute Gasteiger partial charge is 0.487 e. The minimum Gasteiger partial charge on any atom is -0.487 e. The summed E-state index contributed by atoms with van der Waals surface area (Å²) in [6, 6.07) is 6.88. The van der Waals surface area contributed by atoms with Crippen molar-refractivity contribution >= 4 is 45.7 Å². The molecule has 0 saturated carbocycles. The first-order valence-corrected chi connectivity index (χ1v) is 13.9. The lowest BCUT2D eigenvalue weighted by atomic mass is 10.0. The minimum atomic E-state index is -0.571. The second-order valence-corrected chi connectivity index (χ2v) is 11.8. The first-order valence-electron chi connectivity index (χ1n) is 13.6. The number of ether oxygens (including phenoxy) is 2. The highest BCUT2D eigenvalue weighted by molar-refractivity contribution is 6.31. The number of hydrogen-bond donors (Lipinski definition) is 2. The summed E-state index contributed by atoms with van der Waals surface area (Å²) in [5, 5.41) is 25.1. The summed E-state index contributed by atoms with van der Waals surface area (Å²) >= 11 is 5.87. The van der Waals surface area contributed by atoms with E-state index in [0.717, 1.165) is 0 Å². The van der Waals surface area contributed by atoms with Crippen LogP contribution >= 0.6 is 11.6 Å². The van der Waals surface area contributed by atoms with Crippen molar-refractivity contribution in [3.63, 3.8) is 0 Å². The third-order valence-electron chi connectivity index (χ3n) is 6.42. The highest BCUT2D eigenvalue weighted by atomic mass is 35.5. The van der Waals surface area contributed by atoms with Gasteiger partial charge in [-0.3, -0.25) is 19.8 Å². The maximum absolute atomic E-state index is 13.5. The minimum absolute atomic E-state index is 0.0689. The molecule has 0 aliphatic carbocycles. The van der Waals surface area contributed by atoms with Crippen LogP contribution in [-0.2, 0) is 9.53 Å². The van der Waals surface area contributed by atoms with Crippen LogP contribution in [0.3, 0.4) is 0 Å². The van der Waals surface area contributed by atoms with Crippen LogP contribution in [-0.4, -0.2) is 68.3 Å². The summed E-state index contributed by atoms with van der Waals surface area (Å²) in [5.74, 6) is -0.524. The standard InChI is InChI=1S/C29H37ClFN5O6/c1-28(2,3)42-26(38)10-12-35(29(4,5)17-37)11-6-7-13-41-25-16-23-20(15-24(25)36(39)40)27(33-18-32-23)34-19-8-9-22(31)21(30)14-19/h8-9,14-16,18,37H,6-7,10-13,17H2,1-5H3,(H,32,33,34). The van der Waals surface area contributed by atoms with E-state index < -0.39 is 21.9 Å². The van der Waals surface area contributed by atoms with Crippen LogP contribution in [0.4, 0.5) is 21.6 Å². The van der Waals surface area contributed by atoms with Crippen molar-refractivity contribution in [3.8, 4) is 5.75 Å². The molecule has 0 amide bonds. The smallest absolute Gasteiger partial charge is 0.311 e. The number of aromatic nitrogens is 2. The summed E-state index contributed by atoms with van der Waals surface area (Å²) in [7, 11) is 0. The molecule has 3 aromatic rings. The molecule has 0 fully saturated rings. The molecule has 0 bridgehead atoms. The number of nitro groups is 1. The number of nitro benzene ring substituents is 1. The molecule has 0 atom stereocenters. The molecule has 2 aromatic carbocycles. The molecule has 13 heteroatoms. The van der Waals surface area contributed by atoms with Gasteiger partial charge in [-0.1, -0.05) is 11.6 Å². The van der Waals surface area contributed by atoms with Crippen LogP contribution in [0.25, 0.3) is 10.9 Å². The number of aliphatic hydroxyl groups is 1. The Morgan fingerprint density at radius 3 is 2.52 bits per heavy atom. The second kappa shape index (κ2) is 14.0. The van der Waals surface area contributed by atoms with Crippen molar-refractivity contribution in [2.24, 2.45) is 0 Å². The van der Waals surface area contributed by atoms with Gasteiger partial charge in [-0.05, 0) is 72.2 Å². The second-order valence-electron chi connectivity index (χ2n) is 11.4. The molecule has 42 heavy (non-hydrogen) atoms. The molecular formula is C29H37ClFN5O6. The molecule has 1 heterocycles. The molecule has 0 aliphatic rings. The Bertz CT molecular complexity index is 1420. The molecule has 3 rings (SSSR count). The zero-order valence-corrected chi connectivity index (χ0v) is 25.2. The van der Waals surface area contributed by atoms with E-state index in [-0.39, 0.29) is 47.9 Å². The quantitative estimate of drug-likeness (QED) is 0.0967. The number of hydrogen-bond acceptors (Lipinski definition) is 10. The van der Waals surface area contributed by atoms with E-state index in [2.05, 4.69) is 15.3 Å². The zero-order chi connectivity index (χ0) is 31.1. The molecule has 0 spiro atoms. The number of fused-ring (bicyclic) bond motifs is 1. The Balaban J connectivity index is 1.66. The highest BCUT2D eigenvalue weighted by Crippen LogP contribution is 2.35. The van der Waals surface area contributed by atoms with Gasteiger partial charge < -0.3 is 19.9 Å². The summed E-state index contributed by atoms with van der Waals surface area (Å²) in [6.07, 6.45) is 2.73. The van der Waals surface area contributed by atoms with Crippen LogP contribution in [0.2, 0.25) is 5.02 Å². The number of nitrogens with one attached hydrogen (secondary N) is 1. The normalized spacial score (nSPS) is 12.0. The predicted molar refractivity (Wildman–Crippen MR) is 159 cm³/mol. The Morgan fingerprint density at radius 2 is 1.88 bits per heavy atom. The summed E-state index contributed by atoms with van der Waals surface area (Å²) in [6.45, 7) is 10.3. The Hall–Kier alpha value is -3.61. The third-order valence-corrected chi connectivity index (χ3v) is 6.71. The van der Waals surface area contributed by atoms with E-state index >= 15 is 0 Å². The Kier molecular flexibility index (Phi) is 11.0. The number of aliphatic hydroxyl groups excluding tert-OH is 1. The number of benzene rings is 2. The van der Waals surface area contributed by atoms with Gasteiger partial charge in [0.1, 0.15) is 23.6 Å². The summed E-state index contributed by atoms with van der Waals surface area (Å²) < 4.78 is 24.8. The van der Waals surface area contributed by atoms with Crippen LogP contribution in [0.1, 0.15) is 53.9 Å². The number of rotatable bonds is 14. The molecule has 2 N–H and O–H groups in total. The third kappa shape index (κ3) is 9.20. The topological polar surface area (TPSA) is 140 Å². The van der Waals surface area contributed by atoms with Gasteiger partial charge >= 0.3 is 11.7 Å².